The molecule has 1 amide bonds. The summed E-state index contributed by atoms with van der Waals surface area (Å²) in [4.78, 5) is 36.2. The monoisotopic (exact) mass is 399 g/mol. The molecule has 2 fully saturated rings. The summed E-state index contributed by atoms with van der Waals surface area (Å²) in [6, 6.07) is 4.61. The second kappa shape index (κ2) is 8.20. The Labute approximate surface area is 159 Å². The Kier molecular flexibility index (Phi) is 5.90. The van der Waals surface area contributed by atoms with E-state index in [1.807, 2.05) is 0 Å². The highest BCUT2D eigenvalue weighted by atomic mass is 19.4. The quantitative estimate of drug-likeness (QED) is 0.767. The standard InChI is InChI=1S/C19H20F3NO5/c20-19(21,22)28-15-6-4-14(5-7-15)23-16(24)10-27-18(26)13-8-11-2-1-3-12(9-13)17(11)25/h4-7,11-13H,1-3,8-10H2,(H,23,24)/t11-,12+,13?. The summed E-state index contributed by atoms with van der Waals surface area (Å²) in [6.07, 6.45) is -1.26. The van der Waals surface area contributed by atoms with Crippen LogP contribution in [0.5, 0.6) is 5.75 Å². The van der Waals surface area contributed by atoms with Gasteiger partial charge in [-0.3, -0.25) is 14.4 Å². The van der Waals surface area contributed by atoms with Crippen molar-refractivity contribution in [3.63, 3.8) is 0 Å². The molecule has 0 heterocycles. The van der Waals surface area contributed by atoms with Crippen LogP contribution in [0.4, 0.5) is 18.9 Å². The lowest BCUT2D eigenvalue weighted by Crippen LogP contribution is -2.40. The number of benzene rings is 1. The fraction of sp³-hybridized carbons (Fsp3) is 0.526. The fourth-order valence-corrected chi connectivity index (χ4v) is 3.86. The third-order valence-corrected chi connectivity index (χ3v) is 5.10. The number of hydrogen-bond donors (Lipinski definition) is 1. The summed E-state index contributed by atoms with van der Waals surface area (Å²) >= 11 is 0. The van der Waals surface area contributed by atoms with Crippen LogP contribution in [-0.2, 0) is 19.1 Å². The van der Waals surface area contributed by atoms with E-state index in [1.54, 1.807) is 0 Å². The second-order valence-corrected chi connectivity index (χ2v) is 7.12. The van der Waals surface area contributed by atoms with Crippen LogP contribution < -0.4 is 10.1 Å². The number of carbonyl (C=O) groups is 3. The number of hydrogen-bond acceptors (Lipinski definition) is 5. The van der Waals surface area contributed by atoms with Crippen LogP contribution in [0.3, 0.4) is 0 Å². The largest absolute Gasteiger partial charge is 0.573 e. The molecule has 0 aromatic heterocycles. The van der Waals surface area contributed by atoms with Gasteiger partial charge in [0.2, 0.25) is 0 Å². The molecule has 0 aliphatic heterocycles. The van der Waals surface area contributed by atoms with Gasteiger partial charge in [0.05, 0.1) is 5.92 Å². The first-order valence-electron chi connectivity index (χ1n) is 9.07. The molecule has 0 radical (unpaired) electrons. The molecule has 1 aromatic rings. The molecule has 1 aromatic carbocycles. The van der Waals surface area contributed by atoms with E-state index >= 15 is 0 Å². The highest BCUT2D eigenvalue weighted by Gasteiger charge is 2.41. The molecule has 152 valence electrons. The first-order valence-corrected chi connectivity index (χ1v) is 9.07. The number of nitrogens with one attached hydrogen (secondary N) is 1. The topological polar surface area (TPSA) is 81.7 Å². The van der Waals surface area contributed by atoms with Gasteiger partial charge in [0.1, 0.15) is 11.5 Å². The molecule has 2 aliphatic rings. The van der Waals surface area contributed by atoms with Gasteiger partial charge < -0.3 is 14.8 Å². The van der Waals surface area contributed by atoms with Crippen molar-refractivity contribution < 1.29 is 37.0 Å². The lowest BCUT2D eigenvalue weighted by Gasteiger charge is -2.36. The molecule has 2 saturated carbocycles. The number of ether oxygens (including phenoxy) is 2. The average Bonchev–Trinajstić information content (AvgIpc) is 2.60. The molecule has 3 rings (SSSR count). The van der Waals surface area contributed by atoms with Gasteiger partial charge in [0.25, 0.3) is 5.91 Å². The van der Waals surface area contributed by atoms with Gasteiger partial charge >= 0.3 is 12.3 Å². The predicted octanol–water partition coefficient (Wildman–Crippen LogP) is 3.46. The van der Waals surface area contributed by atoms with E-state index in [9.17, 15) is 27.6 Å². The predicted molar refractivity (Wildman–Crippen MR) is 91.3 cm³/mol. The van der Waals surface area contributed by atoms with Gasteiger partial charge in [-0.2, -0.15) is 0 Å². The first kappa shape index (κ1) is 20.2. The Morgan fingerprint density at radius 1 is 1.07 bits per heavy atom. The van der Waals surface area contributed by atoms with Gasteiger partial charge in [-0.1, -0.05) is 6.42 Å². The third kappa shape index (κ3) is 5.24. The Morgan fingerprint density at radius 2 is 1.68 bits per heavy atom. The van der Waals surface area contributed by atoms with Crippen molar-refractivity contribution >= 4 is 23.3 Å². The Morgan fingerprint density at radius 3 is 2.25 bits per heavy atom. The van der Waals surface area contributed by atoms with Crippen LogP contribution in [-0.4, -0.2) is 30.6 Å². The molecule has 1 N–H and O–H groups in total. The number of amides is 1. The minimum atomic E-state index is -4.79. The number of halogens is 3. The van der Waals surface area contributed by atoms with Crippen LogP contribution in [0.15, 0.2) is 24.3 Å². The van der Waals surface area contributed by atoms with E-state index < -0.39 is 30.6 Å². The third-order valence-electron chi connectivity index (χ3n) is 5.10. The molecular formula is C19H20F3NO5. The molecule has 0 spiro atoms. The number of Topliss-reactive ketones (excluding diaryl/α,β-unsaturated/α-hetero) is 1. The SMILES string of the molecule is O=C(COC(=O)C1C[C@H]2CCC[C@@H](C1)C2=O)Nc1ccc(OC(F)(F)F)cc1. The maximum atomic E-state index is 12.2. The summed E-state index contributed by atoms with van der Waals surface area (Å²) in [6.45, 7) is -0.501. The van der Waals surface area contributed by atoms with Gasteiger partial charge in [0, 0.05) is 17.5 Å². The summed E-state index contributed by atoms with van der Waals surface area (Å²) in [5.74, 6) is -1.81. The van der Waals surface area contributed by atoms with Gasteiger partial charge in [-0.25, -0.2) is 0 Å². The lowest BCUT2D eigenvalue weighted by atomic mass is 9.67. The number of rotatable bonds is 5. The van der Waals surface area contributed by atoms with Crippen molar-refractivity contribution in [3.8, 4) is 5.75 Å². The van der Waals surface area contributed by atoms with Crippen LogP contribution in [0.25, 0.3) is 0 Å². The Hall–Kier alpha value is -2.58. The number of carbonyl (C=O) groups excluding carboxylic acids is 3. The first-order chi connectivity index (χ1) is 13.2. The molecule has 2 bridgehead atoms. The maximum absolute atomic E-state index is 12.2. The highest BCUT2D eigenvalue weighted by molar-refractivity contribution is 5.93. The van der Waals surface area contributed by atoms with Gasteiger partial charge in [-0.05, 0) is 49.9 Å². The molecule has 6 nitrogen and oxygen atoms in total. The molecule has 0 saturated heterocycles. The summed E-state index contributed by atoms with van der Waals surface area (Å²) < 4.78 is 45.2. The van der Waals surface area contributed by atoms with E-state index in [0.717, 1.165) is 31.4 Å². The summed E-state index contributed by atoms with van der Waals surface area (Å²) in [5, 5.41) is 2.43. The normalized spacial score (nSPS) is 24.4. The number of fused-ring (bicyclic) bond motifs is 2. The van der Waals surface area contributed by atoms with Crippen molar-refractivity contribution in [2.45, 2.75) is 38.5 Å². The lowest BCUT2D eigenvalue weighted by molar-refractivity contribution is -0.274. The van der Waals surface area contributed by atoms with Crippen molar-refractivity contribution in [2.24, 2.45) is 17.8 Å². The van der Waals surface area contributed by atoms with E-state index in [4.69, 9.17) is 4.74 Å². The molecule has 3 atom stereocenters. The van der Waals surface area contributed by atoms with Crippen molar-refractivity contribution in [2.75, 3.05) is 11.9 Å². The Bertz CT molecular complexity index is 731. The zero-order valence-electron chi connectivity index (χ0n) is 15.0. The number of alkyl halides is 3. The molecule has 1 unspecified atom stereocenters. The van der Waals surface area contributed by atoms with Gasteiger partial charge in [-0.15, -0.1) is 13.2 Å². The fourth-order valence-electron chi connectivity index (χ4n) is 3.86. The van der Waals surface area contributed by atoms with Crippen molar-refractivity contribution in [1.29, 1.82) is 0 Å². The molecule has 2 aliphatic carbocycles. The maximum Gasteiger partial charge on any atom is 0.573 e. The van der Waals surface area contributed by atoms with Crippen molar-refractivity contribution in [3.05, 3.63) is 24.3 Å². The van der Waals surface area contributed by atoms with E-state index in [0.29, 0.717) is 12.8 Å². The molecule has 28 heavy (non-hydrogen) atoms. The van der Waals surface area contributed by atoms with Crippen LogP contribution >= 0.6 is 0 Å². The average molecular weight is 399 g/mol. The zero-order valence-corrected chi connectivity index (χ0v) is 15.0. The van der Waals surface area contributed by atoms with E-state index in [1.165, 1.54) is 12.1 Å². The summed E-state index contributed by atoms with van der Waals surface area (Å²) in [7, 11) is 0. The van der Waals surface area contributed by atoms with Crippen LogP contribution in [0.1, 0.15) is 32.1 Å². The zero-order chi connectivity index (χ0) is 20.3. The summed E-state index contributed by atoms with van der Waals surface area (Å²) in [5.41, 5.74) is 0.244. The minimum Gasteiger partial charge on any atom is -0.455 e. The Balaban J connectivity index is 1.45. The molecule has 9 heteroatoms. The highest BCUT2D eigenvalue weighted by Crippen LogP contribution is 2.40. The number of ketones is 1. The second-order valence-electron chi connectivity index (χ2n) is 7.12. The molecular weight excluding hydrogens is 379 g/mol. The number of anilines is 1. The van der Waals surface area contributed by atoms with E-state index in [-0.39, 0.29) is 29.2 Å². The smallest absolute Gasteiger partial charge is 0.455 e. The van der Waals surface area contributed by atoms with Crippen LogP contribution in [0, 0.1) is 17.8 Å². The van der Waals surface area contributed by atoms with Crippen molar-refractivity contribution in [1.82, 2.24) is 0 Å². The van der Waals surface area contributed by atoms with Gasteiger partial charge in [0.15, 0.2) is 6.61 Å². The van der Waals surface area contributed by atoms with E-state index in [2.05, 4.69) is 10.1 Å². The number of esters is 1. The minimum absolute atomic E-state index is 0.0868. The van der Waals surface area contributed by atoms with Crippen LogP contribution in [0.2, 0.25) is 0 Å².